The van der Waals surface area contributed by atoms with Crippen molar-refractivity contribution >= 4 is 21.6 Å². The van der Waals surface area contributed by atoms with E-state index in [9.17, 15) is 13.2 Å². The average Bonchev–Trinajstić information content (AvgIpc) is 2.97. The van der Waals surface area contributed by atoms with Gasteiger partial charge >= 0.3 is 0 Å². The second kappa shape index (κ2) is 6.46. The number of anilines is 1. The number of amides is 1. The molecule has 1 atom stereocenters. The van der Waals surface area contributed by atoms with Crippen LogP contribution in [-0.2, 0) is 14.8 Å². The topological polar surface area (TPSA) is 87.3 Å². The van der Waals surface area contributed by atoms with Crippen LogP contribution in [-0.4, -0.2) is 33.0 Å². The van der Waals surface area contributed by atoms with Crippen molar-refractivity contribution in [2.75, 3.05) is 11.9 Å². The van der Waals surface area contributed by atoms with E-state index in [4.69, 9.17) is 0 Å². The molecule has 3 rings (SSSR count). The summed E-state index contributed by atoms with van der Waals surface area (Å²) in [6.07, 6.45) is 4.61. The zero-order chi connectivity index (χ0) is 17.4. The molecule has 1 aliphatic carbocycles. The molecule has 2 aliphatic rings. The van der Waals surface area contributed by atoms with Crippen LogP contribution in [0.25, 0.3) is 0 Å². The molecule has 1 heterocycles. The molecule has 3 N–H and O–H groups in total. The smallest absolute Gasteiger partial charge is 0.242 e. The Labute approximate surface area is 143 Å². The predicted molar refractivity (Wildman–Crippen MR) is 93.2 cm³/mol. The van der Waals surface area contributed by atoms with E-state index in [0.29, 0.717) is 5.69 Å². The Morgan fingerprint density at radius 1 is 1.21 bits per heavy atom. The summed E-state index contributed by atoms with van der Waals surface area (Å²) >= 11 is 0. The van der Waals surface area contributed by atoms with Crippen molar-refractivity contribution in [1.82, 2.24) is 10.0 Å². The zero-order valence-electron chi connectivity index (χ0n) is 14.1. The fraction of sp³-hybridized carbons (Fsp3) is 0.588. The Morgan fingerprint density at radius 2 is 1.83 bits per heavy atom. The third kappa shape index (κ3) is 3.34. The minimum Gasteiger partial charge on any atom is -0.325 e. The van der Waals surface area contributed by atoms with Gasteiger partial charge in [-0.05, 0) is 51.0 Å². The van der Waals surface area contributed by atoms with Crippen LogP contribution in [0.3, 0.4) is 0 Å². The molecular formula is C17H25N3O3S. The molecule has 1 aromatic rings. The van der Waals surface area contributed by atoms with Crippen LogP contribution < -0.4 is 15.4 Å². The molecule has 1 amide bonds. The molecule has 24 heavy (non-hydrogen) atoms. The van der Waals surface area contributed by atoms with Gasteiger partial charge in [-0.15, -0.1) is 0 Å². The Bertz CT molecular complexity index is 707. The van der Waals surface area contributed by atoms with Crippen molar-refractivity contribution in [2.24, 2.45) is 5.41 Å². The highest BCUT2D eigenvalue weighted by Gasteiger charge is 2.51. The van der Waals surface area contributed by atoms with E-state index in [-0.39, 0.29) is 28.3 Å². The third-order valence-corrected chi connectivity index (χ3v) is 6.63. The second-order valence-electron chi connectivity index (χ2n) is 7.17. The maximum Gasteiger partial charge on any atom is 0.242 e. The van der Waals surface area contributed by atoms with Gasteiger partial charge in [0.1, 0.15) is 0 Å². The van der Waals surface area contributed by atoms with Crippen molar-refractivity contribution < 1.29 is 13.2 Å². The summed E-state index contributed by atoms with van der Waals surface area (Å²) < 4.78 is 26.7. The first-order chi connectivity index (χ1) is 11.3. The van der Waals surface area contributed by atoms with E-state index in [1.807, 2.05) is 0 Å². The Morgan fingerprint density at radius 3 is 2.33 bits per heavy atom. The molecule has 132 valence electrons. The van der Waals surface area contributed by atoms with Gasteiger partial charge in [-0.3, -0.25) is 4.79 Å². The molecule has 1 aliphatic heterocycles. The van der Waals surface area contributed by atoms with Gasteiger partial charge in [0.15, 0.2) is 0 Å². The lowest BCUT2D eigenvalue weighted by Crippen LogP contribution is -2.66. The fourth-order valence-electron chi connectivity index (χ4n) is 3.72. The molecular weight excluding hydrogens is 326 g/mol. The minimum atomic E-state index is -3.51. The second-order valence-corrected chi connectivity index (χ2v) is 8.89. The summed E-state index contributed by atoms with van der Waals surface area (Å²) in [7, 11) is -3.51. The molecule has 0 aromatic heterocycles. The van der Waals surface area contributed by atoms with Crippen LogP contribution in [0.5, 0.6) is 0 Å². The molecule has 1 spiro atoms. The van der Waals surface area contributed by atoms with Gasteiger partial charge in [-0.25, -0.2) is 13.1 Å². The quantitative estimate of drug-likeness (QED) is 0.755. The largest absolute Gasteiger partial charge is 0.325 e. The van der Waals surface area contributed by atoms with Gasteiger partial charge in [0.25, 0.3) is 0 Å². The van der Waals surface area contributed by atoms with Crippen LogP contribution in [0, 0.1) is 5.41 Å². The summed E-state index contributed by atoms with van der Waals surface area (Å²) in [5.41, 5.74) is 0.750. The lowest BCUT2D eigenvalue weighted by Gasteiger charge is -2.47. The van der Waals surface area contributed by atoms with E-state index in [1.165, 1.54) is 25.0 Å². The maximum absolute atomic E-state index is 12.5. The lowest BCUT2D eigenvalue weighted by molar-refractivity contribution is -0.125. The Balaban J connectivity index is 1.65. The number of nitrogens with one attached hydrogen (secondary N) is 3. The molecule has 7 heteroatoms. The number of hydrogen-bond donors (Lipinski definition) is 3. The molecule has 6 nitrogen and oxygen atoms in total. The van der Waals surface area contributed by atoms with Crippen LogP contribution in [0.15, 0.2) is 29.2 Å². The van der Waals surface area contributed by atoms with E-state index >= 15 is 0 Å². The molecule has 0 radical (unpaired) electrons. The number of carbonyl (C=O) groups excluding carboxylic acids is 1. The van der Waals surface area contributed by atoms with Crippen molar-refractivity contribution in [3.63, 3.8) is 0 Å². The molecule has 1 saturated carbocycles. The first-order valence-electron chi connectivity index (χ1n) is 8.49. The maximum atomic E-state index is 12.5. The summed E-state index contributed by atoms with van der Waals surface area (Å²) in [4.78, 5) is 12.7. The highest BCUT2D eigenvalue weighted by Crippen LogP contribution is 2.45. The van der Waals surface area contributed by atoms with Gasteiger partial charge in [0.2, 0.25) is 15.9 Å². The summed E-state index contributed by atoms with van der Waals surface area (Å²) in [6, 6.07) is 5.99. The van der Waals surface area contributed by atoms with Crippen LogP contribution in [0.4, 0.5) is 5.69 Å². The Kier molecular flexibility index (Phi) is 4.68. The third-order valence-electron chi connectivity index (χ3n) is 4.96. The van der Waals surface area contributed by atoms with Crippen LogP contribution in [0.1, 0.15) is 39.5 Å². The van der Waals surface area contributed by atoms with Gasteiger partial charge in [0, 0.05) is 23.7 Å². The summed E-state index contributed by atoms with van der Waals surface area (Å²) in [6.45, 7) is 4.47. The molecule has 1 unspecified atom stereocenters. The predicted octanol–water partition coefficient (Wildman–Crippen LogP) is 1.84. The number of benzene rings is 1. The molecule has 2 fully saturated rings. The SMILES string of the molecule is CC(C)NS(=O)(=O)c1ccc(NC(=O)C2NCC23CCCC3)cc1. The first kappa shape index (κ1) is 17.4. The van der Waals surface area contributed by atoms with Gasteiger partial charge in [-0.1, -0.05) is 12.8 Å². The van der Waals surface area contributed by atoms with Gasteiger partial charge in [-0.2, -0.15) is 0 Å². The van der Waals surface area contributed by atoms with E-state index in [1.54, 1.807) is 26.0 Å². The van der Waals surface area contributed by atoms with Crippen molar-refractivity contribution in [3.8, 4) is 0 Å². The highest BCUT2D eigenvalue weighted by atomic mass is 32.2. The monoisotopic (exact) mass is 351 g/mol. The van der Waals surface area contributed by atoms with E-state index < -0.39 is 10.0 Å². The van der Waals surface area contributed by atoms with E-state index in [0.717, 1.165) is 19.4 Å². The van der Waals surface area contributed by atoms with Crippen LogP contribution >= 0.6 is 0 Å². The number of carbonyl (C=O) groups is 1. The van der Waals surface area contributed by atoms with Crippen molar-refractivity contribution in [1.29, 1.82) is 0 Å². The number of sulfonamides is 1. The minimum absolute atomic E-state index is 0.0286. The lowest BCUT2D eigenvalue weighted by atomic mass is 9.71. The van der Waals surface area contributed by atoms with Crippen molar-refractivity contribution in [2.45, 2.75) is 56.5 Å². The fourth-order valence-corrected chi connectivity index (χ4v) is 4.97. The molecule has 1 aromatic carbocycles. The normalized spacial score (nSPS) is 22.5. The standard InChI is InChI=1S/C17H25N3O3S/c1-12(2)20-24(22,23)14-7-5-13(6-8-14)19-16(21)15-17(11-18-15)9-3-4-10-17/h5-8,12,15,18,20H,3-4,9-11H2,1-2H3,(H,19,21). The van der Waals surface area contributed by atoms with E-state index in [2.05, 4.69) is 15.4 Å². The first-order valence-corrected chi connectivity index (χ1v) is 9.97. The van der Waals surface area contributed by atoms with Gasteiger partial charge < -0.3 is 10.6 Å². The zero-order valence-corrected chi connectivity index (χ0v) is 14.9. The molecule has 0 bridgehead atoms. The summed E-state index contributed by atoms with van der Waals surface area (Å²) in [5, 5.41) is 6.14. The van der Waals surface area contributed by atoms with Crippen molar-refractivity contribution in [3.05, 3.63) is 24.3 Å². The number of hydrogen-bond acceptors (Lipinski definition) is 4. The summed E-state index contributed by atoms with van der Waals surface area (Å²) in [5.74, 6) is -0.0286. The molecule has 1 saturated heterocycles. The number of rotatable bonds is 5. The van der Waals surface area contributed by atoms with Gasteiger partial charge in [0.05, 0.1) is 10.9 Å². The highest BCUT2D eigenvalue weighted by molar-refractivity contribution is 7.89. The average molecular weight is 351 g/mol. The Hall–Kier alpha value is -1.44. The van der Waals surface area contributed by atoms with Crippen LogP contribution in [0.2, 0.25) is 0 Å².